The molecule has 0 amide bonds. The minimum atomic E-state index is 0.0587. The molecule has 86 valence electrons. The van der Waals surface area contributed by atoms with E-state index in [1.165, 1.54) is 0 Å². The van der Waals surface area contributed by atoms with E-state index in [2.05, 4.69) is 0 Å². The fourth-order valence-corrected chi connectivity index (χ4v) is 1.76. The highest BCUT2D eigenvalue weighted by Crippen LogP contribution is 2.14. The third kappa shape index (κ3) is 3.18. The zero-order valence-electron chi connectivity index (χ0n) is 9.47. The fourth-order valence-electron chi connectivity index (χ4n) is 1.76. The van der Waals surface area contributed by atoms with Gasteiger partial charge < -0.3 is 5.11 Å². The molecule has 17 heavy (non-hydrogen) atoms. The van der Waals surface area contributed by atoms with Crippen molar-refractivity contribution >= 4 is 5.78 Å². The van der Waals surface area contributed by atoms with Crippen molar-refractivity contribution in [3.05, 3.63) is 65.8 Å². The minimum Gasteiger partial charge on any atom is -0.508 e. The molecule has 1 aromatic rings. The Labute approximate surface area is 101 Å². The normalized spacial score (nSPS) is 16.7. The first kappa shape index (κ1) is 11.4. The number of hydrogen-bond donors (Lipinski definition) is 1. The van der Waals surface area contributed by atoms with E-state index in [9.17, 15) is 9.90 Å². The number of benzene rings is 1. The average molecular weight is 226 g/mol. The molecule has 2 heteroatoms. The molecule has 1 aliphatic rings. The van der Waals surface area contributed by atoms with E-state index < -0.39 is 0 Å². The van der Waals surface area contributed by atoms with Crippen LogP contribution in [-0.2, 0) is 11.2 Å². The summed E-state index contributed by atoms with van der Waals surface area (Å²) in [5, 5.41) is 9.31. The maximum absolute atomic E-state index is 11.4. The van der Waals surface area contributed by atoms with Gasteiger partial charge in [-0.25, -0.2) is 0 Å². The van der Waals surface area contributed by atoms with Crippen molar-refractivity contribution in [2.45, 2.75) is 12.8 Å². The largest absolute Gasteiger partial charge is 0.508 e. The second-order valence-electron chi connectivity index (χ2n) is 3.95. The highest BCUT2D eigenvalue weighted by atomic mass is 16.3. The molecule has 0 saturated carbocycles. The molecule has 0 bridgehead atoms. The van der Waals surface area contributed by atoms with E-state index in [0.29, 0.717) is 0 Å². The number of aryl methyl sites for hydroxylation is 1. The number of carbonyl (C=O) groups is 1. The van der Waals surface area contributed by atoms with Gasteiger partial charge in [0.25, 0.3) is 0 Å². The molecule has 0 atom stereocenters. The molecule has 0 aliphatic heterocycles. The first-order valence-corrected chi connectivity index (χ1v) is 5.63. The Bertz CT molecular complexity index is 507. The van der Waals surface area contributed by atoms with E-state index in [1.807, 2.05) is 30.4 Å². The first-order valence-electron chi connectivity index (χ1n) is 5.63. The summed E-state index contributed by atoms with van der Waals surface area (Å²) in [6.07, 6.45) is 10.6. The minimum absolute atomic E-state index is 0.0587. The topological polar surface area (TPSA) is 37.3 Å². The van der Waals surface area contributed by atoms with E-state index in [0.717, 1.165) is 24.0 Å². The number of phenolic OH excluding ortho intramolecular Hbond substituents is 1. The lowest BCUT2D eigenvalue weighted by Crippen LogP contribution is -1.98. The molecule has 2 nitrogen and oxygen atoms in total. The molecule has 1 aromatic carbocycles. The van der Waals surface area contributed by atoms with Gasteiger partial charge >= 0.3 is 0 Å². The second-order valence-corrected chi connectivity index (χ2v) is 3.95. The van der Waals surface area contributed by atoms with Gasteiger partial charge in [-0.1, -0.05) is 36.4 Å². The average Bonchev–Trinajstić information content (AvgIpc) is 2.32. The van der Waals surface area contributed by atoms with Crippen molar-refractivity contribution in [2.75, 3.05) is 0 Å². The van der Waals surface area contributed by atoms with Gasteiger partial charge in [-0.2, -0.15) is 0 Å². The third-order valence-electron chi connectivity index (χ3n) is 2.63. The Morgan fingerprint density at radius 2 is 2.00 bits per heavy atom. The number of phenols is 1. The van der Waals surface area contributed by atoms with Gasteiger partial charge in [0.15, 0.2) is 5.78 Å². The van der Waals surface area contributed by atoms with Crippen LogP contribution in [0.15, 0.2) is 60.2 Å². The molecular weight excluding hydrogens is 212 g/mol. The molecule has 1 N–H and O–H groups in total. The summed E-state index contributed by atoms with van der Waals surface area (Å²) in [5.74, 6) is 0.343. The zero-order valence-corrected chi connectivity index (χ0v) is 9.47. The molecule has 0 saturated heterocycles. The van der Waals surface area contributed by atoms with Crippen molar-refractivity contribution in [1.82, 2.24) is 0 Å². The number of aromatic hydroxyl groups is 1. The maximum Gasteiger partial charge on any atom is 0.185 e. The maximum atomic E-state index is 11.4. The molecule has 0 radical (unpaired) electrons. The van der Waals surface area contributed by atoms with E-state index in [-0.39, 0.29) is 11.5 Å². The van der Waals surface area contributed by atoms with Gasteiger partial charge in [0.1, 0.15) is 5.75 Å². The molecule has 0 heterocycles. The summed E-state index contributed by atoms with van der Waals surface area (Å²) in [7, 11) is 0. The van der Waals surface area contributed by atoms with Crippen LogP contribution in [0, 0.1) is 0 Å². The molecule has 0 spiro atoms. The second kappa shape index (κ2) is 5.30. The Morgan fingerprint density at radius 3 is 2.76 bits per heavy atom. The van der Waals surface area contributed by atoms with Gasteiger partial charge in [0, 0.05) is 5.57 Å². The van der Waals surface area contributed by atoms with Crippen LogP contribution in [0.3, 0.4) is 0 Å². The lowest BCUT2D eigenvalue weighted by molar-refractivity contribution is -0.111. The lowest BCUT2D eigenvalue weighted by Gasteiger charge is -2.02. The van der Waals surface area contributed by atoms with Gasteiger partial charge in [-0.15, -0.1) is 0 Å². The van der Waals surface area contributed by atoms with Gasteiger partial charge in [0.2, 0.25) is 0 Å². The van der Waals surface area contributed by atoms with Gasteiger partial charge in [-0.05, 0) is 36.6 Å². The van der Waals surface area contributed by atoms with E-state index in [1.54, 1.807) is 24.3 Å². The molecular formula is C15H14O2. The van der Waals surface area contributed by atoms with Gasteiger partial charge in [-0.3, -0.25) is 4.79 Å². The highest BCUT2D eigenvalue weighted by Gasteiger charge is 2.04. The van der Waals surface area contributed by atoms with E-state index in [4.69, 9.17) is 0 Å². The predicted octanol–water partition coefficient (Wildman–Crippen LogP) is 2.95. The Hall–Kier alpha value is -2.09. The molecule has 1 aliphatic carbocycles. The van der Waals surface area contributed by atoms with Crippen molar-refractivity contribution in [2.24, 2.45) is 0 Å². The predicted molar refractivity (Wildman–Crippen MR) is 67.8 cm³/mol. The monoisotopic (exact) mass is 226 g/mol. The summed E-state index contributed by atoms with van der Waals surface area (Å²) < 4.78 is 0. The fraction of sp³-hybridized carbons (Fsp3) is 0.133. The smallest absolute Gasteiger partial charge is 0.185 e. The molecule has 0 aromatic heterocycles. The van der Waals surface area contributed by atoms with Crippen molar-refractivity contribution in [1.29, 1.82) is 0 Å². The number of rotatable bonds is 3. The summed E-state index contributed by atoms with van der Waals surface area (Å²) in [4.78, 5) is 11.4. The summed E-state index contributed by atoms with van der Waals surface area (Å²) in [6, 6.07) is 7.19. The van der Waals surface area contributed by atoms with Crippen molar-refractivity contribution < 1.29 is 9.90 Å². The Kier molecular flexibility index (Phi) is 3.55. The number of ketones is 1. The van der Waals surface area contributed by atoms with Crippen LogP contribution in [0.1, 0.15) is 12.0 Å². The number of carbonyl (C=O) groups excluding carboxylic acids is 1. The van der Waals surface area contributed by atoms with Gasteiger partial charge in [0.05, 0.1) is 0 Å². The summed E-state index contributed by atoms with van der Waals surface area (Å²) in [5.41, 5.74) is 1.82. The number of hydrogen-bond acceptors (Lipinski definition) is 2. The zero-order chi connectivity index (χ0) is 12.1. The molecule has 0 unspecified atom stereocenters. The summed E-state index contributed by atoms with van der Waals surface area (Å²) >= 11 is 0. The SMILES string of the molecule is O=C1C=CC=C/C1=C\CCc1cccc(O)c1. The van der Waals surface area contributed by atoms with Crippen LogP contribution in [0.25, 0.3) is 0 Å². The first-order chi connectivity index (χ1) is 8.25. The van der Waals surface area contributed by atoms with Crippen molar-refractivity contribution in [3.63, 3.8) is 0 Å². The van der Waals surface area contributed by atoms with Crippen molar-refractivity contribution in [3.8, 4) is 5.75 Å². The molecule has 2 rings (SSSR count). The van der Waals surface area contributed by atoms with Crippen LogP contribution >= 0.6 is 0 Å². The highest BCUT2D eigenvalue weighted by molar-refractivity contribution is 6.07. The molecule has 0 fully saturated rings. The summed E-state index contributed by atoms with van der Waals surface area (Å²) in [6.45, 7) is 0. The van der Waals surface area contributed by atoms with Crippen LogP contribution in [-0.4, -0.2) is 10.9 Å². The van der Waals surface area contributed by atoms with Crippen LogP contribution in [0.4, 0.5) is 0 Å². The van der Waals surface area contributed by atoms with Crippen LogP contribution < -0.4 is 0 Å². The lowest BCUT2D eigenvalue weighted by atomic mass is 10.0. The Balaban J connectivity index is 1.95. The Morgan fingerprint density at radius 1 is 1.18 bits per heavy atom. The van der Waals surface area contributed by atoms with E-state index >= 15 is 0 Å². The third-order valence-corrected chi connectivity index (χ3v) is 2.63. The van der Waals surface area contributed by atoms with Crippen LogP contribution in [0.2, 0.25) is 0 Å². The number of allylic oxidation sites excluding steroid dienone is 6. The van der Waals surface area contributed by atoms with Crippen LogP contribution in [0.5, 0.6) is 5.75 Å². The quantitative estimate of drug-likeness (QED) is 0.804. The standard InChI is InChI=1S/C15H14O2/c16-14-9-4-6-12(11-14)5-3-8-13-7-1-2-10-15(13)17/h1-2,4,6-11,16H,3,5H2/b13-8+.